The number of amides is 2. The first kappa shape index (κ1) is 17.0. The molecule has 0 spiro atoms. The number of carbonyl (C=O) groups is 3. The predicted octanol–water partition coefficient (Wildman–Crippen LogP) is 3.04. The van der Waals surface area contributed by atoms with E-state index in [1.54, 1.807) is 36.4 Å². The third kappa shape index (κ3) is 4.84. The summed E-state index contributed by atoms with van der Waals surface area (Å²) in [7, 11) is 1.28. The second-order valence-electron chi connectivity index (χ2n) is 4.77. The van der Waals surface area contributed by atoms with Crippen LogP contribution >= 0.6 is 0 Å². The molecular formula is C17H16N2O5. The number of hydrogen-bond donors (Lipinski definition) is 2. The van der Waals surface area contributed by atoms with Crippen molar-refractivity contribution in [3.63, 3.8) is 0 Å². The molecule has 2 aromatic carbocycles. The van der Waals surface area contributed by atoms with Gasteiger partial charge >= 0.3 is 18.0 Å². The van der Waals surface area contributed by atoms with Crippen LogP contribution in [0.25, 0.3) is 0 Å². The lowest BCUT2D eigenvalue weighted by Gasteiger charge is -2.09. The Morgan fingerprint density at radius 2 is 1.54 bits per heavy atom. The molecule has 2 N–H and O–H groups in total. The number of urea groups is 1. The van der Waals surface area contributed by atoms with E-state index in [9.17, 15) is 14.4 Å². The van der Waals surface area contributed by atoms with Crippen molar-refractivity contribution < 1.29 is 23.9 Å². The zero-order chi connectivity index (χ0) is 17.5. The Morgan fingerprint density at radius 1 is 0.917 bits per heavy atom. The molecule has 2 amide bonds. The molecule has 0 fully saturated rings. The molecule has 0 aliphatic rings. The van der Waals surface area contributed by atoms with Crippen molar-refractivity contribution in [3.8, 4) is 5.75 Å². The highest BCUT2D eigenvalue weighted by Crippen LogP contribution is 2.18. The van der Waals surface area contributed by atoms with E-state index >= 15 is 0 Å². The van der Waals surface area contributed by atoms with E-state index < -0.39 is 18.0 Å². The fourth-order valence-electron chi connectivity index (χ4n) is 1.94. The number of nitrogens with one attached hydrogen (secondary N) is 2. The van der Waals surface area contributed by atoms with Crippen molar-refractivity contribution in [2.75, 3.05) is 17.7 Å². The number of carbonyl (C=O) groups excluding carboxylic acids is 3. The normalized spacial score (nSPS) is 9.75. The van der Waals surface area contributed by atoms with Gasteiger partial charge in [0.1, 0.15) is 5.75 Å². The molecule has 0 aliphatic heterocycles. The van der Waals surface area contributed by atoms with Crippen LogP contribution in [-0.2, 0) is 9.53 Å². The number of methoxy groups -OCH3 is 1. The Balaban J connectivity index is 2.03. The highest BCUT2D eigenvalue weighted by atomic mass is 16.5. The SMILES string of the molecule is COC(=O)c1cccc(NC(=O)Nc2cccc(OC(C)=O)c2)c1. The molecule has 0 saturated carbocycles. The van der Waals surface area contributed by atoms with Gasteiger partial charge in [0.05, 0.1) is 12.7 Å². The van der Waals surface area contributed by atoms with Crippen LogP contribution in [0, 0.1) is 0 Å². The molecule has 2 rings (SSSR count). The van der Waals surface area contributed by atoms with Gasteiger partial charge in [0.15, 0.2) is 0 Å². The Morgan fingerprint density at radius 3 is 2.17 bits per heavy atom. The van der Waals surface area contributed by atoms with Gasteiger partial charge in [0.25, 0.3) is 0 Å². The van der Waals surface area contributed by atoms with Crippen LogP contribution in [0.3, 0.4) is 0 Å². The van der Waals surface area contributed by atoms with Crippen molar-refractivity contribution in [2.24, 2.45) is 0 Å². The number of benzene rings is 2. The lowest BCUT2D eigenvalue weighted by molar-refractivity contribution is -0.131. The summed E-state index contributed by atoms with van der Waals surface area (Å²) in [5, 5.41) is 5.21. The third-order valence-electron chi connectivity index (χ3n) is 2.90. The molecule has 0 radical (unpaired) electrons. The van der Waals surface area contributed by atoms with Crippen LogP contribution in [0.15, 0.2) is 48.5 Å². The van der Waals surface area contributed by atoms with Crippen molar-refractivity contribution in [1.29, 1.82) is 0 Å². The minimum atomic E-state index is -0.503. The van der Waals surface area contributed by atoms with Gasteiger partial charge in [-0.25, -0.2) is 9.59 Å². The van der Waals surface area contributed by atoms with Crippen LogP contribution in [0.4, 0.5) is 16.2 Å². The van der Waals surface area contributed by atoms with Crippen LogP contribution in [-0.4, -0.2) is 25.1 Å². The lowest BCUT2D eigenvalue weighted by atomic mass is 10.2. The monoisotopic (exact) mass is 328 g/mol. The first-order valence-corrected chi connectivity index (χ1v) is 7.03. The highest BCUT2D eigenvalue weighted by molar-refractivity contribution is 6.00. The van der Waals surface area contributed by atoms with Gasteiger partial charge in [-0.1, -0.05) is 12.1 Å². The van der Waals surface area contributed by atoms with E-state index in [0.29, 0.717) is 22.7 Å². The smallest absolute Gasteiger partial charge is 0.337 e. The number of anilines is 2. The maximum absolute atomic E-state index is 12.0. The number of ether oxygens (including phenoxy) is 2. The summed E-state index contributed by atoms with van der Waals surface area (Å²) in [4.78, 5) is 34.4. The standard InChI is InChI=1S/C17H16N2O5/c1-11(20)24-15-8-4-7-14(10-15)19-17(22)18-13-6-3-5-12(9-13)16(21)23-2/h3-10H,1-2H3,(H2,18,19,22). The van der Waals surface area contributed by atoms with E-state index in [-0.39, 0.29) is 0 Å². The maximum Gasteiger partial charge on any atom is 0.337 e. The van der Waals surface area contributed by atoms with Crippen LogP contribution in [0.5, 0.6) is 5.75 Å². The summed E-state index contributed by atoms with van der Waals surface area (Å²) in [6.07, 6.45) is 0. The molecule has 124 valence electrons. The van der Waals surface area contributed by atoms with Gasteiger partial charge < -0.3 is 20.1 Å². The molecular weight excluding hydrogens is 312 g/mol. The number of hydrogen-bond acceptors (Lipinski definition) is 5. The summed E-state index contributed by atoms with van der Waals surface area (Å²) >= 11 is 0. The van der Waals surface area contributed by atoms with Crippen molar-refractivity contribution in [2.45, 2.75) is 6.92 Å². The zero-order valence-electron chi connectivity index (χ0n) is 13.2. The predicted molar refractivity (Wildman–Crippen MR) is 88.2 cm³/mol. The van der Waals surface area contributed by atoms with Gasteiger partial charge in [0.2, 0.25) is 0 Å². The number of esters is 2. The third-order valence-corrected chi connectivity index (χ3v) is 2.90. The quantitative estimate of drug-likeness (QED) is 0.664. The summed E-state index contributed by atoms with van der Waals surface area (Å²) in [6.45, 7) is 1.29. The van der Waals surface area contributed by atoms with Crippen LogP contribution in [0.2, 0.25) is 0 Å². The van der Waals surface area contributed by atoms with Gasteiger partial charge in [-0.2, -0.15) is 0 Å². The summed E-state index contributed by atoms with van der Waals surface area (Å²) in [5.41, 5.74) is 1.22. The molecule has 0 aliphatic carbocycles. The zero-order valence-corrected chi connectivity index (χ0v) is 13.2. The largest absolute Gasteiger partial charge is 0.465 e. The Bertz CT molecular complexity index is 773. The topological polar surface area (TPSA) is 93.7 Å². The van der Waals surface area contributed by atoms with E-state index in [1.807, 2.05) is 0 Å². The van der Waals surface area contributed by atoms with E-state index in [1.165, 1.54) is 26.2 Å². The molecule has 0 bridgehead atoms. The Kier molecular flexibility index (Phi) is 5.51. The molecule has 0 saturated heterocycles. The fourth-order valence-corrected chi connectivity index (χ4v) is 1.94. The minimum absolute atomic E-state index is 0.326. The lowest BCUT2D eigenvalue weighted by Crippen LogP contribution is -2.19. The number of rotatable bonds is 4. The second kappa shape index (κ2) is 7.77. The van der Waals surface area contributed by atoms with Gasteiger partial charge in [-0.05, 0) is 30.3 Å². The highest BCUT2D eigenvalue weighted by Gasteiger charge is 2.08. The molecule has 2 aromatic rings. The first-order valence-electron chi connectivity index (χ1n) is 7.03. The van der Waals surface area contributed by atoms with E-state index in [0.717, 1.165) is 0 Å². The molecule has 0 heterocycles. The van der Waals surface area contributed by atoms with Crippen molar-refractivity contribution in [3.05, 3.63) is 54.1 Å². The Hall–Kier alpha value is -3.35. The average molecular weight is 328 g/mol. The van der Waals surface area contributed by atoms with Gasteiger partial charge in [-0.15, -0.1) is 0 Å². The molecule has 0 unspecified atom stereocenters. The van der Waals surface area contributed by atoms with E-state index in [4.69, 9.17) is 4.74 Å². The minimum Gasteiger partial charge on any atom is -0.465 e. The summed E-state index contributed by atoms with van der Waals surface area (Å²) < 4.78 is 9.58. The average Bonchev–Trinajstić information content (AvgIpc) is 2.54. The van der Waals surface area contributed by atoms with Crippen LogP contribution in [0.1, 0.15) is 17.3 Å². The van der Waals surface area contributed by atoms with Crippen LogP contribution < -0.4 is 15.4 Å². The van der Waals surface area contributed by atoms with Gasteiger partial charge in [-0.3, -0.25) is 4.79 Å². The maximum atomic E-state index is 12.0. The Labute approximate surface area is 138 Å². The fraction of sp³-hybridized carbons (Fsp3) is 0.118. The molecule has 0 atom stereocenters. The molecule has 7 heteroatoms. The van der Waals surface area contributed by atoms with Gasteiger partial charge in [0, 0.05) is 24.4 Å². The molecule has 7 nitrogen and oxygen atoms in total. The summed E-state index contributed by atoms with van der Waals surface area (Å²) in [5.74, 6) is -0.614. The second-order valence-corrected chi connectivity index (χ2v) is 4.77. The molecule has 0 aromatic heterocycles. The first-order chi connectivity index (χ1) is 11.5. The van der Waals surface area contributed by atoms with E-state index in [2.05, 4.69) is 15.4 Å². The van der Waals surface area contributed by atoms with Crippen molar-refractivity contribution >= 4 is 29.3 Å². The van der Waals surface area contributed by atoms with Crippen molar-refractivity contribution in [1.82, 2.24) is 0 Å². The molecule has 24 heavy (non-hydrogen) atoms. The summed E-state index contributed by atoms with van der Waals surface area (Å²) in [6, 6.07) is 12.3.